The summed E-state index contributed by atoms with van der Waals surface area (Å²) in [7, 11) is -3.49. The zero-order valence-corrected chi connectivity index (χ0v) is 22.5. The van der Waals surface area contributed by atoms with Gasteiger partial charge in [0.25, 0.3) is 6.01 Å². The van der Waals surface area contributed by atoms with Crippen molar-refractivity contribution in [1.82, 2.24) is 19.7 Å². The Bertz CT molecular complexity index is 1630. The van der Waals surface area contributed by atoms with Crippen LogP contribution in [0.15, 0.2) is 59.5 Å². The number of nitrogens with one attached hydrogen (secondary N) is 2. The number of H-pyrrole nitrogens is 1. The molecule has 3 N–H and O–H groups in total. The molecular weight excluding hydrogens is 540 g/mol. The lowest BCUT2D eigenvalue weighted by molar-refractivity contribution is -0.143. The number of rotatable bonds is 8. The first-order valence-corrected chi connectivity index (χ1v) is 14.8. The molecule has 2 aromatic carbocycles. The molecule has 4 aromatic rings. The smallest absolute Gasteiger partial charge is 0.306 e. The highest BCUT2D eigenvalue weighted by Crippen LogP contribution is 2.33. The number of nitrogens with zero attached hydrogens (tertiary/aromatic N) is 2. The van der Waals surface area contributed by atoms with E-state index in [1.54, 1.807) is 30.3 Å². The fraction of sp³-hybridized carbons (Fsp3) is 0.321. The Hall–Kier alpha value is -3.47. The first-order chi connectivity index (χ1) is 18.7. The van der Waals surface area contributed by atoms with Crippen LogP contribution in [0.4, 0.5) is 0 Å². The summed E-state index contributed by atoms with van der Waals surface area (Å²) in [4.78, 5) is 23.7. The second kappa shape index (κ2) is 10.3. The zero-order chi connectivity index (χ0) is 27.1. The molecule has 2 saturated carbocycles. The third-order valence-corrected chi connectivity index (χ3v) is 9.09. The molecule has 11 heteroatoms. The van der Waals surface area contributed by atoms with Gasteiger partial charge in [0, 0.05) is 11.6 Å². The predicted octanol–water partition coefficient (Wildman–Crippen LogP) is 5.41. The van der Waals surface area contributed by atoms with E-state index in [0.717, 1.165) is 29.5 Å². The van der Waals surface area contributed by atoms with Crippen molar-refractivity contribution in [3.8, 4) is 28.4 Å². The van der Waals surface area contributed by atoms with E-state index >= 15 is 0 Å². The van der Waals surface area contributed by atoms with E-state index in [0.29, 0.717) is 53.6 Å². The summed E-state index contributed by atoms with van der Waals surface area (Å²) in [5.41, 5.74) is 4.36. The topological polar surface area (TPSA) is 134 Å². The van der Waals surface area contributed by atoms with Crippen LogP contribution in [0.3, 0.4) is 0 Å². The molecule has 0 unspecified atom stereocenters. The standard InChI is InChI=1S/C28H27ClN4O5S/c29-23-15-24-26(32-28(30-24)38-21-11-5-19(6-12-21)27(34)35)31-25(23)18-3-1-16(2-4-18)17-7-13-22(14-8-17)39(36,37)33-20-9-10-20/h1-4,7-8,13-15,19-21,33H,5-6,9-12H2,(H,34,35)(H,30,31,32). The van der Waals surface area contributed by atoms with Gasteiger partial charge >= 0.3 is 5.97 Å². The van der Waals surface area contributed by atoms with Gasteiger partial charge in [0.15, 0.2) is 5.65 Å². The van der Waals surface area contributed by atoms with E-state index in [4.69, 9.17) is 16.3 Å². The summed E-state index contributed by atoms with van der Waals surface area (Å²) in [5.74, 6) is -1.05. The van der Waals surface area contributed by atoms with Gasteiger partial charge in [-0.05, 0) is 67.9 Å². The number of benzene rings is 2. The number of ether oxygens (including phenoxy) is 1. The Morgan fingerprint density at radius 1 is 0.923 bits per heavy atom. The SMILES string of the molecule is O=C(O)C1CCC(Oc2nc3nc(-c4ccc(-c5ccc(S(=O)(=O)NC6CC6)cc5)cc4)c(Cl)cc3[nH]2)CC1. The van der Waals surface area contributed by atoms with Crippen LogP contribution in [0.5, 0.6) is 6.01 Å². The molecule has 0 aliphatic heterocycles. The van der Waals surface area contributed by atoms with Crippen LogP contribution >= 0.6 is 11.6 Å². The van der Waals surface area contributed by atoms with Crippen molar-refractivity contribution in [3.05, 3.63) is 59.6 Å². The van der Waals surface area contributed by atoms with Crippen LogP contribution in [0, 0.1) is 5.92 Å². The molecule has 39 heavy (non-hydrogen) atoms. The van der Waals surface area contributed by atoms with Gasteiger partial charge in [-0.15, -0.1) is 0 Å². The number of carboxylic acid groups (broad SMARTS) is 1. The van der Waals surface area contributed by atoms with Crippen molar-refractivity contribution in [2.75, 3.05) is 0 Å². The Balaban J connectivity index is 1.17. The fourth-order valence-corrected chi connectivity index (χ4v) is 6.44. The predicted molar refractivity (Wildman–Crippen MR) is 147 cm³/mol. The number of aliphatic carboxylic acids is 1. The minimum atomic E-state index is -3.49. The Kier molecular flexibility index (Phi) is 6.78. The van der Waals surface area contributed by atoms with Gasteiger partial charge in [0.05, 0.1) is 27.0 Å². The van der Waals surface area contributed by atoms with Crippen LogP contribution in [0.2, 0.25) is 5.02 Å². The van der Waals surface area contributed by atoms with Gasteiger partial charge < -0.3 is 14.8 Å². The highest BCUT2D eigenvalue weighted by molar-refractivity contribution is 7.89. The third kappa shape index (κ3) is 5.63. The molecule has 0 amide bonds. The normalized spacial score (nSPS) is 19.7. The largest absolute Gasteiger partial charge is 0.481 e. The maximum atomic E-state index is 12.4. The van der Waals surface area contributed by atoms with Gasteiger partial charge in [0.2, 0.25) is 10.0 Å². The van der Waals surface area contributed by atoms with Crippen molar-refractivity contribution in [2.24, 2.45) is 5.92 Å². The molecule has 0 atom stereocenters. The quantitative estimate of drug-likeness (QED) is 0.259. The number of hydrogen-bond acceptors (Lipinski definition) is 6. The molecule has 0 radical (unpaired) electrons. The summed E-state index contributed by atoms with van der Waals surface area (Å²) in [6.45, 7) is 0. The Morgan fingerprint density at radius 2 is 1.54 bits per heavy atom. The summed E-state index contributed by atoms with van der Waals surface area (Å²) < 4.78 is 33.5. The summed E-state index contributed by atoms with van der Waals surface area (Å²) in [6, 6.07) is 16.7. The van der Waals surface area contributed by atoms with E-state index < -0.39 is 16.0 Å². The van der Waals surface area contributed by atoms with Crippen LogP contribution in [0.25, 0.3) is 33.5 Å². The number of carboxylic acids is 1. The highest BCUT2D eigenvalue weighted by Gasteiger charge is 2.28. The Morgan fingerprint density at radius 3 is 2.15 bits per heavy atom. The van der Waals surface area contributed by atoms with Gasteiger partial charge in [0.1, 0.15) is 6.10 Å². The lowest BCUT2D eigenvalue weighted by Crippen LogP contribution is -2.28. The highest BCUT2D eigenvalue weighted by atomic mass is 35.5. The van der Waals surface area contributed by atoms with Crippen molar-refractivity contribution < 1.29 is 23.1 Å². The number of fused-ring (bicyclic) bond motifs is 1. The van der Waals surface area contributed by atoms with Gasteiger partial charge in [-0.25, -0.2) is 18.1 Å². The van der Waals surface area contributed by atoms with Crippen molar-refractivity contribution in [3.63, 3.8) is 0 Å². The number of aromatic amines is 1. The second-order valence-electron chi connectivity index (χ2n) is 10.2. The van der Waals surface area contributed by atoms with Crippen molar-refractivity contribution >= 4 is 38.8 Å². The van der Waals surface area contributed by atoms with E-state index in [1.165, 1.54) is 0 Å². The monoisotopic (exact) mass is 566 g/mol. The van der Waals surface area contributed by atoms with Crippen LogP contribution in [-0.4, -0.2) is 46.6 Å². The third-order valence-electron chi connectivity index (χ3n) is 7.26. The number of carbonyl (C=O) groups is 1. The average molecular weight is 567 g/mol. The van der Waals surface area contributed by atoms with E-state index in [9.17, 15) is 18.3 Å². The lowest BCUT2D eigenvalue weighted by atomic mass is 9.87. The second-order valence-corrected chi connectivity index (χ2v) is 12.3. The maximum absolute atomic E-state index is 12.4. The molecule has 0 spiro atoms. The number of halogens is 1. The molecule has 9 nitrogen and oxygen atoms in total. The number of hydrogen-bond donors (Lipinski definition) is 3. The summed E-state index contributed by atoms with van der Waals surface area (Å²) in [5, 5.41) is 9.65. The van der Waals surface area contributed by atoms with E-state index in [2.05, 4.69) is 19.7 Å². The molecule has 2 aromatic heterocycles. The lowest BCUT2D eigenvalue weighted by Gasteiger charge is -2.25. The zero-order valence-electron chi connectivity index (χ0n) is 20.9. The molecule has 2 fully saturated rings. The molecular formula is C28H27ClN4O5S. The molecule has 0 bridgehead atoms. The number of pyridine rings is 1. The number of imidazole rings is 1. The molecule has 0 saturated heterocycles. The molecule has 2 heterocycles. The number of sulfonamides is 1. The number of aromatic nitrogens is 3. The first kappa shape index (κ1) is 25.8. The molecule has 2 aliphatic carbocycles. The molecule has 6 rings (SSSR count). The van der Waals surface area contributed by atoms with E-state index in [-0.39, 0.29) is 23.0 Å². The van der Waals surface area contributed by atoms with Crippen LogP contribution < -0.4 is 9.46 Å². The maximum Gasteiger partial charge on any atom is 0.306 e. The summed E-state index contributed by atoms with van der Waals surface area (Å²) >= 11 is 6.57. The van der Waals surface area contributed by atoms with Crippen molar-refractivity contribution in [1.29, 1.82) is 0 Å². The van der Waals surface area contributed by atoms with Crippen LogP contribution in [0.1, 0.15) is 38.5 Å². The minimum absolute atomic E-state index is 0.0629. The fourth-order valence-electron chi connectivity index (χ4n) is 4.88. The minimum Gasteiger partial charge on any atom is -0.481 e. The summed E-state index contributed by atoms with van der Waals surface area (Å²) in [6.07, 6.45) is 4.19. The van der Waals surface area contributed by atoms with E-state index in [1.807, 2.05) is 24.3 Å². The van der Waals surface area contributed by atoms with Gasteiger partial charge in [-0.1, -0.05) is 48.0 Å². The van der Waals surface area contributed by atoms with Crippen LogP contribution in [-0.2, 0) is 14.8 Å². The van der Waals surface area contributed by atoms with Gasteiger partial charge in [-0.2, -0.15) is 4.98 Å². The Labute approximate surface area is 230 Å². The van der Waals surface area contributed by atoms with Gasteiger partial charge in [-0.3, -0.25) is 4.79 Å². The first-order valence-electron chi connectivity index (χ1n) is 12.9. The van der Waals surface area contributed by atoms with Crippen molar-refractivity contribution in [2.45, 2.75) is 55.6 Å². The molecule has 2 aliphatic rings. The average Bonchev–Trinajstić information content (AvgIpc) is 3.65. The molecule has 202 valence electrons.